The van der Waals surface area contributed by atoms with Crippen molar-refractivity contribution in [3.8, 4) is 0 Å². The Morgan fingerprint density at radius 1 is 1.05 bits per heavy atom. The van der Waals surface area contributed by atoms with Crippen LogP contribution in [0, 0.1) is 0 Å². The molecule has 0 radical (unpaired) electrons. The first kappa shape index (κ1) is 15.3. The SMILES string of the molecule is OCc1ccc(CN2CCC(O)(C(F)(F)F)CC2)cc1. The van der Waals surface area contributed by atoms with E-state index in [4.69, 9.17) is 5.11 Å². The molecule has 0 spiro atoms. The first-order valence-corrected chi connectivity index (χ1v) is 6.54. The zero-order valence-corrected chi connectivity index (χ0v) is 11.0. The highest BCUT2D eigenvalue weighted by atomic mass is 19.4. The summed E-state index contributed by atoms with van der Waals surface area (Å²) in [7, 11) is 0. The van der Waals surface area contributed by atoms with E-state index in [2.05, 4.69) is 0 Å². The molecular weight excluding hydrogens is 271 g/mol. The Balaban J connectivity index is 1.91. The van der Waals surface area contributed by atoms with E-state index in [1.165, 1.54) is 0 Å². The molecule has 0 atom stereocenters. The minimum atomic E-state index is -4.55. The maximum absolute atomic E-state index is 12.7. The van der Waals surface area contributed by atoms with Gasteiger partial charge in [0.25, 0.3) is 0 Å². The fourth-order valence-electron chi connectivity index (χ4n) is 2.37. The molecule has 0 unspecified atom stereocenters. The maximum atomic E-state index is 12.7. The van der Waals surface area contributed by atoms with Gasteiger partial charge in [-0.2, -0.15) is 13.2 Å². The predicted molar refractivity (Wildman–Crippen MR) is 67.9 cm³/mol. The molecule has 1 heterocycles. The topological polar surface area (TPSA) is 43.7 Å². The van der Waals surface area contributed by atoms with Gasteiger partial charge in [0.05, 0.1) is 6.61 Å². The molecule has 0 aromatic heterocycles. The molecule has 0 aliphatic carbocycles. The summed E-state index contributed by atoms with van der Waals surface area (Å²) < 4.78 is 38.0. The van der Waals surface area contributed by atoms with Crippen LogP contribution in [-0.2, 0) is 13.2 Å². The summed E-state index contributed by atoms with van der Waals surface area (Å²) in [6.45, 7) is 0.970. The van der Waals surface area contributed by atoms with Gasteiger partial charge in [-0.1, -0.05) is 24.3 Å². The number of nitrogens with zero attached hydrogens (tertiary/aromatic N) is 1. The highest BCUT2D eigenvalue weighted by Crippen LogP contribution is 2.38. The van der Waals surface area contributed by atoms with Gasteiger partial charge in [0.1, 0.15) is 0 Å². The van der Waals surface area contributed by atoms with Crippen molar-refractivity contribution in [2.24, 2.45) is 0 Å². The average molecular weight is 289 g/mol. The third kappa shape index (κ3) is 3.31. The van der Waals surface area contributed by atoms with Gasteiger partial charge in [-0.3, -0.25) is 4.90 Å². The number of hydrogen-bond acceptors (Lipinski definition) is 3. The lowest BCUT2D eigenvalue weighted by atomic mass is 9.90. The van der Waals surface area contributed by atoms with E-state index >= 15 is 0 Å². The van der Waals surface area contributed by atoms with Crippen molar-refractivity contribution < 1.29 is 23.4 Å². The highest BCUT2D eigenvalue weighted by Gasteiger charge is 2.54. The number of aliphatic hydroxyl groups excluding tert-OH is 1. The Kier molecular flexibility index (Phi) is 4.36. The summed E-state index contributed by atoms with van der Waals surface area (Å²) in [5.41, 5.74) is -0.747. The molecule has 112 valence electrons. The molecule has 1 aromatic carbocycles. The van der Waals surface area contributed by atoms with Crippen LogP contribution >= 0.6 is 0 Å². The number of piperidine rings is 1. The second-order valence-electron chi connectivity index (χ2n) is 5.28. The summed E-state index contributed by atoms with van der Waals surface area (Å²) in [6, 6.07) is 7.31. The molecule has 1 aliphatic heterocycles. The van der Waals surface area contributed by atoms with Crippen molar-refractivity contribution in [3.05, 3.63) is 35.4 Å². The molecular formula is C14H18F3NO2. The zero-order chi connectivity index (χ0) is 14.8. The molecule has 2 N–H and O–H groups in total. The Hall–Kier alpha value is -1.11. The Bertz CT molecular complexity index is 437. The molecule has 0 saturated carbocycles. The van der Waals surface area contributed by atoms with Gasteiger partial charge in [-0.05, 0) is 24.0 Å². The van der Waals surface area contributed by atoms with Crippen molar-refractivity contribution in [2.75, 3.05) is 13.1 Å². The molecule has 1 saturated heterocycles. The Labute approximate surface area is 115 Å². The lowest BCUT2D eigenvalue weighted by molar-refractivity contribution is -0.272. The summed E-state index contributed by atoms with van der Waals surface area (Å²) in [6.07, 6.45) is -5.13. The van der Waals surface area contributed by atoms with Crippen LogP contribution in [0.25, 0.3) is 0 Å². The van der Waals surface area contributed by atoms with Crippen molar-refractivity contribution in [3.63, 3.8) is 0 Å². The molecule has 2 rings (SSSR count). The monoisotopic (exact) mass is 289 g/mol. The number of hydrogen-bond donors (Lipinski definition) is 2. The summed E-state index contributed by atoms with van der Waals surface area (Å²) >= 11 is 0. The van der Waals surface area contributed by atoms with Crippen LogP contribution in [0.2, 0.25) is 0 Å². The molecule has 3 nitrogen and oxygen atoms in total. The first-order valence-electron chi connectivity index (χ1n) is 6.54. The van der Waals surface area contributed by atoms with E-state index in [0.29, 0.717) is 6.54 Å². The van der Waals surface area contributed by atoms with E-state index in [-0.39, 0.29) is 32.5 Å². The van der Waals surface area contributed by atoms with Crippen LogP contribution < -0.4 is 0 Å². The third-order valence-electron chi connectivity index (χ3n) is 3.82. The van der Waals surface area contributed by atoms with Crippen LogP contribution in [0.15, 0.2) is 24.3 Å². The smallest absolute Gasteiger partial charge is 0.392 e. The van der Waals surface area contributed by atoms with Crippen molar-refractivity contribution in [1.82, 2.24) is 4.90 Å². The second kappa shape index (κ2) is 5.71. The summed E-state index contributed by atoms with van der Waals surface area (Å²) in [5, 5.41) is 18.5. The van der Waals surface area contributed by atoms with Crippen LogP contribution in [0.4, 0.5) is 13.2 Å². The third-order valence-corrected chi connectivity index (χ3v) is 3.82. The van der Waals surface area contributed by atoms with Crippen molar-refractivity contribution >= 4 is 0 Å². The lowest BCUT2D eigenvalue weighted by Gasteiger charge is -2.39. The molecule has 0 amide bonds. The average Bonchev–Trinajstić information content (AvgIpc) is 2.41. The highest BCUT2D eigenvalue weighted by molar-refractivity contribution is 5.22. The maximum Gasteiger partial charge on any atom is 0.417 e. The van der Waals surface area contributed by atoms with Crippen LogP contribution in [-0.4, -0.2) is 40.0 Å². The molecule has 20 heavy (non-hydrogen) atoms. The number of alkyl halides is 3. The number of rotatable bonds is 3. The van der Waals surface area contributed by atoms with Crippen molar-refractivity contribution in [1.29, 1.82) is 0 Å². The molecule has 0 bridgehead atoms. The van der Waals surface area contributed by atoms with E-state index < -0.39 is 11.8 Å². The van der Waals surface area contributed by atoms with E-state index in [9.17, 15) is 18.3 Å². The molecule has 6 heteroatoms. The van der Waals surface area contributed by atoms with Gasteiger partial charge in [0.15, 0.2) is 5.60 Å². The quantitative estimate of drug-likeness (QED) is 0.895. The van der Waals surface area contributed by atoms with Gasteiger partial charge in [0, 0.05) is 19.6 Å². The molecule has 1 aliphatic rings. The van der Waals surface area contributed by atoms with Gasteiger partial charge >= 0.3 is 6.18 Å². The number of benzene rings is 1. The van der Waals surface area contributed by atoms with Crippen molar-refractivity contribution in [2.45, 2.75) is 37.8 Å². The molecule has 1 aromatic rings. The minimum Gasteiger partial charge on any atom is -0.392 e. The minimum absolute atomic E-state index is 0.0252. The van der Waals surface area contributed by atoms with Gasteiger partial charge < -0.3 is 10.2 Å². The van der Waals surface area contributed by atoms with E-state index in [1.54, 1.807) is 12.1 Å². The molecule has 1 fully saturated rings. The second-order valence-corrected chi connectivity index (χ2v) is 5.28. The lowest BCUT2D eigenvalue weighted by Crippen LogP contribution is -2.53. The Morgan fingerprint density at radius 2 is 1.55 bits per heavy atom. The predicted octanol–water partition coefficient (Wildman–Crippen LogP) is 2.07. The fraction of sp³-hybridized carbons (Fsp3) is 0.571. The zero-order valence-electron chi connectivity index (χ0n) is 11.0. The van der Waals surface area contributed by atoms with Gasteiger partial charge in [0.2, 0.25) is 0 Å². The largest absolute Gasteiger partial charge is 0.417 e. The summed E-state index contributed by atoms with van der Waals surface area (Å²) in [4.78, 5) is 1.90. The fourth-order valence-corrected chi connectivity index (χ4v) is 2.37. The number of aliphatic hydroxyl groups is 2. The standard InChI is InChI=1S/C14H18F3NO2/c15-14(16,17)13(20)5-7-18(8-6-13)9-11-1-3-12(10-19)4-2-11/h1-4,19-20H,5-10H2. The summed E-state index contributed by atoms with van der Waals surface area (Å²) in [5.74, 6) is 0. The number of halogens is 3. The van der Waals surface area contributed by atoms with Gasteiger partial charge in [-0.15, -0.1) is 0 Å². The first-order chi connectivity index (χ1) is 9.34. The van der Waals surface area contributed by atoms with E-state index in [0.717, 1.165) is 11.1 Å². The normalized spacial score (nSPS) is 20.1. The van der Waals surface area contributed by atoms with Crippen LogP contribution in [0.3, 0.4) is 0 Å². The van der Waals surface area contributed by atoms with Crippen LogP contribution in [0.1, 0.15) is 24.0 Å². The van der Waals surface area contributed by atoms with Gasteiger partial charge in [-0.25, -0.2) is 0 Å². The van der Waals surface area contributed by atoms with E-state index in [1.807, 2.05) is 17.0 Å². The Morgan fingerprint density at radius 3 is 2.00 bits per heavy atom. The number of likely N-dealkylation sites (tertiary alicyclic amines) is 1. The van der Waals surface area contributed by atoms with Crippen LogP contribution in [0.5, 0.6) is 0 Å².